The molecular weight excluding hydrogens is 208 g/mol. The van der Waals surface area contributed by atoms with Crippen molar-refractivity contribution >= 4 is 10.9 Å². The lowest BCUT2D eigenvalue weighted by Gasteiger charge is -2.12. The van der Waals surface area contributed by atoms with Crippen LogP contribution in [0.25, 0.3) is 10.9 Å². The molecule has 0 saturated heterocycles. The van der Waals surface area contributed by atoms with E-state index in [0.29, 0.717) is 5.52 Å². The summed E-state index contributed by atoms with van der Waals surface area (Å²) in [5, 5.41) is 0.929. The Morgan fingerprint density at radius 2 is 1.81 bits per heavy atom. The van der Waals surface area contributed by atoms with E-state index < -0.39 is 5.92 Å². The quantitative estimate of drug-likeness (QED) is 0.710. The summed E-state index contributed by atoms with van der Waals surface area (Å²) in [5.41, 5.74) is 2.56. The van der Waals surface area contributed by atoms with Gasteiger partial charge in [0.25, 0.3) is 5.92 Å². The van der Waals surface area contributed by atoms with Crippen molar-refractivity contribution in [2.45, 2.75) is 26.7 Å². The maximum Gasteiger partial charge on any atom is 0.270 e. The molecule has 0 radical (unpaired) electrons. The lowest BCUT2D eigenvalue weighted by molar-refractivity contribution is 0.0176. The van der Waals surface area contributed by atoms with Crippen molar-refractivity contribution in [3.05, 3.63) is 41.1 Å². The summed E-state index contributed by atoms with van der Waals surface area (Å²) < 4.78 is 26.3. The number of alkyl halides is 2. The van der Waals surface area contributed by atoms with Gasteiger partial charge in [-0.3, -0.25) is 4.98 Å². The van der Waals surface area contributed by atoms with Crippen molar-refractivity contribution in [2.24, 2.45) is 0 Å². The van der Waals surface area contributed by atoms with Crippen molar-refractivity contribution < 1.29 is 8.78 Å². The Balaban J connectivity index is 2.71. The number of nitrogens with zero attached hydrogens (tertiary/aromatic N) is 1. The van der Waals surface area contributed by atoms with Gasteiger partial charge in [0.15, 0.2) is 0 Å². The minimum Gasteiger partial charge on any atom is -0.253 e. The molecule has 0 N–H and O–H groups in total. The lowest BCUT2D eigenvalue weighted by atomic mass is 10.0. The Labute approximate surface area is 93.1 Å². The van der Waals surface area contributed by atoms with Gasteiger partial charge in [0.2, 0.25) is 0 Å². The van der Waals surface area contributed by atoms with Crippen LogP contribution in [0.5, 0.6) is 0 Å². The van der Waals surface area contributed by atoms with Crippen molar-refractivity contribution in [2.75, 3.05) is 0 Å². The average molecular weight is 221 g/mol. The summed E-state index contributed by atoms with van der Waals surface area (Å²) in [6, 6.07) is 6.59. The predicted octanol–water partition coefficient (Wildman–Crippen LogP) is 3.96. The molecule has 1 heterocycles. The minimum atomic E-state index is -2.81. The minimum absolute atomic E-state index is 0.0116. The third-order valence-corrected chi connectivity index (χ3v) is 2.65. The molecule has 0 spiro atoms. The van der Waals surface area contributed by atoms with Crippen LogP contribution >= 0.6 is 0 Å². The summed E-state index contributed by atoms with van der Waals surface area (Å²) >= 11 is 0. The molecule has 0 aliphatic carbocycles. The highest BCUT2D eigenvalue weighted by molar-refractivity contribution is 5.82. The number of hydrogen-bond acceptors (Lipinski definition) is 1. The van der Waals surface area contributed by atoms with E-state index in [1.54, 1.807) is 6.07 Å². The van der Waals surface area contributed by atoms with Crippen LogP contribution < -0.4 is 0 Å². The summed E-state index contributed by atoms with van der Waals surface area (Å²) in [7, 11) is 0. The fraction of sp³-hybridized carbons (Fsp3) is 0.308. The van der Waals surface area contributed by atoms with Gasteiger partial charge in [-0.1, -0.05) is 12.1 Å². The standard InChI is InChI=1S/C13H13F2N/c1-8-6-9(2)16-12-7-10(13(3,14)15)4-5-11(8)12/h4-7H,1-3H3. The second kappa shape index (κ2) is 3.51. The van der Waals surface area contributed by atoms with E-state index in [0.717, 1.165) is 23.6 Å². The Kier molecular flexibility index (Phi) is 2.41. The van der Waals surface area contributed by atoms with Gasteiger partial charge in [0, 0.05) is 23.6 Å². The van der Waals surface area contributed by atoms with Crippen LogP contribution in [0.1, 0.15) is 23.7 Å². The SMILES string of the molecule is Cc1cc(C)c2ccc(C(C)(F)F)cc2n1. The molecule has 16 heavy (non-hydrogen) atoms. The topological polar surface area (TPSA) is 12.9 Å². The summed E-state index contributed by atoms with van der Waals surface area (Å²) in [5.74, 6) is -2.81. The Morgan fingerprint density at radius 3 is 2.44 bits per heavy atom. The first-order valence-electron chi connectivity index (χ1n) is 5.14. The molecule has 0 bridgehead atoms. The number of hydrogen-bond donors (Lipinski definition) is 0. The molecule has 0 aliphatic heterocycles. The van der Waals surface area contributed by atoms with Crippen LogP contribution in [0.2, 0.25) is 0 Å². The molecule has 0 saturated carbocycles. The number of pyridine rings is 1. The molecule has 0 amide bonds. The second-order valence-electron chi connectivity index (χ2n) is 4.20. The number of aryl methyl sites for hydroxylation is 2. The van der Waals surface area contributed by atoms with E-state index in [2.05, 4.69) is 4.98 Å². The third kappa shape index (κ3) is 1.90. The van der Waals surface area contributed by atoms with Crippen molar-refractivity contribution in [3.8, 4) is 0 Å². The zero-order valence-corrected chi connectivity index (χ0v) is 9.51. The summed E-state index contributed by atoms with van der Waals surface area (Å²) in [4.78, 5) is 4.28. The molecule has 2 rings (SSSR count). The van der Waals surface area contributed by atoms with E-state index in [1.807, 2.05) is 19.9 Å². The molecule has 1 aromatic heterocycles. The smallest absolute Gasteiger partial charge is 0.253 e. The van der Waals surface area contributed by atoms with Gasteiger partial charge in [0.05, 0.1) is 5.52 Å². The molecule has 84 valence electrons. The molecule has 3 heteroatoms. The highest BCUT2D eigenvalue weighted by Crippen LogP contribution is 2.29. The normalized spacial score (nSPS) is 12.1. The number of aromatic nitrogens is 1. The molecule has 0 unspecified atom stereocenters. The zero-order chi connectivity index (χ0) is 11.9. The van der Waals surface area contributed by atoms with Crippen LogP contribution in [0.4, 0.5) is 8.78 Å². The van der Waals surface area contributed by atoms with Crippen molar-refractivity contribution in [3.63, 3.8) is 0 Å². The van der Waals surface area contributed by atoms with Crippen LogP contribution in [0.3, 0.4) is 0 Å². The van der Waals surface area contributed by atoms with Gasteiger partial charge in [-0.05, 0) is 31.5 Å². The van der Waals surface area contributed by atoms with Crippen LogP contribution in [0, 0.1) is 13.8 Å². The van der Waals surface area contributed by atoms with E-state index in [4.69, 9.17) is 0 Å². The van der Waals surface area contributed by atoms with Gasteiger partial charge in [-0.15, -0.1) is 0 Å². The highest BCUT2D eigenvalue weighted by atomic mass is 19.3. The molecule has 1 aromatic carbocycles. The molecule has 0 aliphatic rings. The second-order valence-corrected chi connectivity index (χ2v) is 4.20. The maximum atomic E-state index is 13.2. The third-order valence-electron chi connectivity index (χ3n) is 2.65. The Morgan fingerprint density at radius 1 is 1.12 bits per heavy atom. The number of halogens is 2. The van der Waals surface area contributed by atoms with E-state index in [9.17, 15) is 8.78 Å². The Hall–Kier alpha value is -1.51. The number of rotatable bonds is 1. The van der Waals surface area contributed by atoms with Gasteiger partial charge in [-0.2, -0.15) is 0 Å². The monoisotopic (exact) mass is 221 g/mol. The fourth-order valence-electron chi connectivity index (χ4n) is 1.84. The Bertz CT molecular complexity index is 541. The molecular formula is C13H13F2N. The van der Waals surface area contributed by atoms with Gasteiger partial charge < -0.3 is 0 Å². The van der Waals surface area contributed by atoms with Gasteiger partial charge in [0.1, 0.15) is 0 Å². The van der Waals surface area contributed by atoms with Crippen LogP contribution in [0.15, 0.2) is 24.3 Å². The van der Waals surface area contributed by atoms with Crippen molar-refractivity contribution in [1.29, 1.82) is 0 Å². The largest absolute Gasteiger partial charge is 0.270 e. The molecule has 0 atom stereocenters. The number of benzene rings is 1. The van der Waals surface area contributed by atoms with E-state index in [-0.39, 0.29) is 5.56 Å². The average Bonchev–Trinajstić information content (AvgIpc) is 2.15. The fourth-order valence-corrected chi connectivity index (χ4v) is 1.84. The molecule has 0 fully saturated rings. The van der Waals surface area contributed by atoms with Crippen LogP contribution in [-0.4, -0.2) is 4.98 Å². The number of fused-ring (bicyclic) bond motifs is 1. The van der Waals surface area contributed by atoms with Gasteiger partial charge in [-0.25, -0.2) is 8.78 Å². The summed E-state index contributed by atoms with van der Waals surface area (Å²) in [6.45, 7) is 4.72. The molecule has 1 nitrogen and oxygen atoms in total. The van der Waals surface area contributed by atoms with Crippen molar-refractivity contribution in [1.82, 2.24) is 4.98 Å². The summed E-state index contributed by atoms with van der Waals surface area (Å²) in [6.07, 6.45) is 0. The van der Waals surface area contributed by atoms with Gasteiger partial charge >= 0.3 is 0 Å². The van der Waals surface area contributed by atoms with E-state index in [1.165, 1.54) is 12.1 Å². The zero-order valence-electron chi connectivity index (χ0n) is 9.51. The highest BCUT2D eigenvalue weighted by Gasteiger charge is 2.24. The molecule has 2 aromatic rings. The first kappa shape index (κ1) is 11.0. The lowest BCUT2D eigenvalue weighted by Crippen LogP contribution is -2.06. The van der Waals surface area contributed by atoms with Crippen LogP contribution in [-0.2, 0) is 5.92 Å². The predicted molar refractivity (Wildman–Crippen MR) is 60.8 cm³/mol. The van der Waals surface area contributed by atoms with E-state index >= 15 is 0 Å². The maximum absolute atomic E-state index is 13.2. The first-order valence-corrected chi connectivity index (χ1v) is 5.14. The first-order chi connectivity index (χ1) is 7.38.